The van der Waals surface area contributed by atoms with E-state index in [2.05, 4.69) is 36.1 Å². The van der Waals surface area contributed by atoms with Crippen LogP contribution in [-0.2, 0) is 5.41 Å². The van der Waals surface area contributed by atoms with Gasteiger partial charge in [-0.05, 0) is 16.4 Å². The highest BCUT2D eigenvalue weighted by atomic mass is 32.1. The van der Waals surface area contributed by atoms with Gasteiger partial charge in [-0.1, -0.05) is 20.8 Å². The number of rotatable bonds is 0. The van der Waals surface area contributed by atoms with Crippen molar-refractivity contribution in [2.75, 3.05) is 5.73 Å². The van der Waals surface area contributed by atoms with E-state index in [4.69, 9.17) is 5.73 Å². The van der Waals surface area contributed by atoms with E-state index in [1.165, 1.54) is 11.9 Å². The van der Waals surface area contributed by atoms with Gasteiger partial charge in [-0.3, -0.25) is 0 Å². The van der Waals surface area contributed by atoms with Crippen molar-refractivity contribution in [3.8, 4) is 0 Å². The van der Waals surface area contributed by atoms with Crippen LogP contribution in [0.1, 0.15) is 26.3 Å². The maximum atomic E-state index is 5.85. The van der Waals surface area contributed by atoms with E-state index < -0.39 is 0 Å². The Labute approximate surface area is 87.0 Å². The molecular formula is C10H13N3S. The molecule has 0 radical (unpaired) electrons. The summed E-state index contributed by atoms with van der Waals surface area (Å²) in [6.07, 6.45) is 1.51. The summed E-state index contributed by atoms with van der Waals surface area (Å²) in [5.41, 5.74) is 7.18. The minimum atomic E-state index is 0.0943. The molecule has 74 valence electrons. The number of fused-ring (bicyclic) bond motifs is 1. The minimum Gasteiger partial charge on any atom is -0.383 e. The Morgan fingerprint density at radius 3 is 2.64 bits per heavy atom. The Morgan fingerprint density at radius 2 is 2.00 bits per heavy atom. The molecule has 0 aromatic carbocycles. The summed E-state index contributed by atoms with van der Waals surface area (Å²) in [6.45, 7) is 6.50. The smallest absolute Gasteiger partial charge is 0.135 e. The molecule has 0 aliphatic carbocycles. The van der Waals surface area contributed by atoms with E-state index in [1.807, 2.05) is 0 Å². The van der Waals surface area contributed by atoms with E-state index in [-0.39, 0.29) is 5.41 Å². The SMILES string of the molecule is CC(C)(C)c1csc2ncnc(N)c12. The fraction of sp³-hybridized carbons (Fsp3) is 0.400. The summed E-state index contributed by atoms with van der Waals surface area (Å²) in [4.78, 5) is 9.21. The van der Waals surface area contributed by atoms with Crippen molar-refractivity contribution >= 4 is 27.4 Å². The number of thiophene rings is 1. The van der Waals surface area contributed by atoms with Crippen LogP contribution in [-0.4, -0.2) is 9.97 Å². The van der Waals surface area contributed by atoms with Gasteiger partial charge in [-0.2, -0.15) is 0 Å². The van der Waals surface area contributed by atoms with Crippen molar-refractivity contribution in [1.82, 2.24) is 9.97 Å². The van der Waals surface area contributed by atoms with E-state index in [9.17, 15) is 0 Å². The second-order valence-electron chi connectivity index (χ2n) is 4.34. The summed E-state index contributed by atoms with van der Waals surface area (Å²) in [5.74, 6) is 0.584. The predicted octanol–water partition coefficient (Wildman–Crippen LogP) is 2.57. The van der Waals surface area contributed by atoms with Gasteiger partial charge in [0, 0.05) is 0 Å². The molecule has 4 heteroatoms. The lowest BCUT2D eigenvalue weighted by atomic mass is 9.87. The lowest BCUT2D eigenvalue weighted by Gasteiger charge is -2.17. The molecule has 2 rings (SSSR count). The van der Waals surface area contributed by atoms with Gasteiger partial charge in [0.25, 0.3) is 0 Å². The summed E-state index contributed by atoms with van der Waals surface area (Å²) >= 11 is 1.62. The number of hydrogen-bond acceptors (Lipinski definition) is 4. The van der Waals surface area contributed by atoms with Crippen molar-refractivity contribution in [2.24, 2.45) is 0 Å². The van der Waals surface area contributed by atoms with Crippen LogP contribution in [0.4, 0.5) is 5.82 Å². The highest BCUT2D eigenvalue weighted by molar-refractivity contribution is 7.17. The van der Waals surface area contributed by atoms with Crippen LogP contribution in [0.3, 0.4) is 0 Å². The van der Waals surface area contributed by atoms with Crippen LogP contribution in [0.25, 0.3) is 10.2 Å². The Bertz CT molecular complexity index is 468. The lowest BCUT2D eigenvalue weighted by molar-refractivity contribution is 0.598. The second-order valence-corrected chi connectivity index (χ2v) is 5.20. The van der Waals surface area contributed by atoms with Crippen LogP contribution >= 0.6 is 11.3 Å². The van der Waals surface area contributed by atoms with Gasteiger partial charge in [-0.25, -0.2) is 9.97 Å². The summed E-state index contributed by atoms with van der Waals surface area (Å²) in [5, 5.41) is 3.14. The van der Waals surface area contributed by atoms with Crippen LogP contribution in [0.5, 0.6) is 0 Å². The molecule has 0 bridgehead atoms. The molecule has 0 spiro atoms. The van der Waals surface area contributed by atoms with Gasteiger partial charge in [0.1, 0.15) is 17.0 Å². The Hall–Kier alpha value is -1.16. The first-order valence-corrected chi connectivity index (χ1v) is 5.36. The molecule has 2 aromatic rings. The average molecular weight is 207 g/mol. The molecule has 0 unspecified atom stereocenters. The van der Waals surface area contributed by atoms with Crippen molar-refractivity contribution in [2.45, 2.75) is 26.2 Å². The van der Waals surface area contributed by atoms with Crippen molar-refractivity contribution < 1.29 is 0 Å². The van der Waals surface area contributed by atoms with Crippen LogP contribution in [0, 0.1) is 0 Å². The first kappa shape index (κ1) is 9.40. The predicted molar refractivity (Wildman–Crippen MR) is 60.5 cm³/mol. The number of aromatic nitrogens is 2. The minimum absolute atomic E-state index is 0.0943. The van der Waals surface area contributed by atoms with Crippen LogP contribution in [0.15, 0.2) is 11.7 Å². The highest BCUT2D eigenvalue weighted by Gasteiger charge is 2.20. The Balaban J connectivity index is 2.80. The van der Waals surface area contributed by atoms with E-state index in [0.29, 0.717) is 5.82 Å². The molecule has 0 fully saturated rings. The number of hydrogen-bond donors (Lipinski definition) is 1. The lowest BCUT2D eigenvalue weighted by Crippen LogP contribution is -2.10. The quantitative estimate of drug-likeness (QED) is 0.722. The van der Waals surface area contributed by atoms with Gasteiger partial charge in [0.15, 0.2) is 0 Å². The molecule has 0 aliphatic heterocycles. The number of nitrogen functional groups attached to an aromatic ring is 1. The normalized spacial score (nSPS) is 12.2. The second kappa shape index (κ2) is 2.92. The van der Waals surface area contributed by atoms with Gasteiger partial charge in [0.05, 0.1) is 5.39 Å². The molecule has 2 heterocycles. The number of nitrogens with zero attached hydrogens (tertiary/aromatic N) is 2. The Kier molecular flexibility index (Phi) is 1.96. The van der Waals surface area contributed by atoms with Crippen LogP contribution < -0.4 is 5.73 Å². The Morgan fingerprint density at radius 1 is 1.29 bits per heavy atom. The number of anilines is 1. The zero-order valence-electron chi connectivity index (χ0n) is 8.53. The zero-order valence-corrected chi connectivity index (χ0v) is 9.35. The van der Waals surface area contributed by atoms with Gasteiger partial charge in [-0.15, -0.1) is 11.3 Å². The molecule has 0 atom stereocenters. The molecule has 2 N–H and O–H groups in total. The maximum Gasteiger partial charge on any atom is 0.135 e. The molecule has 3 nitrogen and oxygen atoms in total. The van der Waals surface area contributed by atoms with Crippen molar-refractivity contribution in [3.05, 3.63) is 17.3 Å². The standard InChI is InChI=1S/C10H13N3S/c1-10(2,3)6-4-14-9-7(6)8(11)12-5-13-9/h4-5H,1-3H3,(H2,11,12,13). The molecule has 0 saturated carbocycles. The summed E-state index contributed by atoms with van der Waals surface area (Å²) in [6, 6.07) is 0. The monoisotopic (exact) mass is 207 g/mol. The van der Waals surface area contributed by atoms with Crippen LogP contribution in [0.2, 0.25) is 0 Å². The largest absolute Gasteiger partial charge is 0.383 e. The summed E-state index contributed by atoms with van der Waals surface area (Å²) < 4.78 is 0. The van der Waals surface area contributed by atoms with Crippen molar-refractivity contribution in [3.63, 3.8) is 0 Å². The maximum absolute atomic E-state index is 5.85. The van der Waals surface area contributed by atoms with E-state index >= 15 is 0 Å². The van der Waals surface area contributed by atoms with Gasteiger partial charge < -0.3 is 5.73 Å². The number of nitrogens with two attached hydrogens (primary N) is 1. The van der Waals surface area contributed by atoms with E-state index in [1.54, 1.807) is 11.3 Å². The third kappa shape index (κ3) is 1.35. The van der Waals surface area contributed by atoms with E-state index in [0.717, 1.165) is 10.2 Å². The van der Waals surface area contributed by atoms with Gasteiger partial charge >= 0.3 is 0 Å². The first-order valence-electron chi connectivity index (χ1n) is 4.48. The topological polar surface area (TPSA) is 51.8 Å². The van der Waals surface area contributed by atoms with Crippen molar-refractivity contribution in [1.29, 1.82) is 0 Å². The third-order valence-corrected chi connectivity index (χ3v) is 3.09. The third-order valence-electron chi connectivity index (χ3n) is 2.21. The fourth-order valence-corrected chi connectivity index (χ4v) is 2.59. The fourth-order valence-electron chi connectivity index (χ4n) is 1.45. The summed E-state index contributed by atoms with van der Waals surface area (Å²) in [7, 11) is 0. The first-order chi connectivity index (χ1) is 6.50. The molecule has 14 heavy (non-hydrogen) atoms. The molecule has 0 aliphatic rings. The molecular weight excluding hydrogens is 194 g/mol. The average Bonchev–Trinajstić information content (AvgIpc) is 2.47. The molecule has 0 saturated heterocycles. The highest BCUT2D eigenvalue weighted by Crippen LogP contribution is 2.35. The zero-order chi connectivity index (χ0) is 10.3. The van der Waals surface area contributed by atoms with Gasteiger partial charge in [0.2, 0.25) is 0 Å². The molecule has 2 aromatic heterocycles. The molecule has 0 amide bonds.